The van der Waals surface area contributed by atoms with Crippen molar-refractivity contribution in [2.45, 2.75) is 24.4 Å². The number of fused-ring (bicyclic) bond motifs is 1. The number of benzene rings is 1. The maximum atomic E-state index is 12.6. The smallest absolute Gasteiger partial charge is 0.352 e. The van der Waals surface area contributed by atoms with Crippen molar-refractivity contribution in [2.24, 2.45) is 5.73 Å². The Labute approximate surface area is 166 Å². The minimum absolute atomic E-state index is 0.0687. The fourth-order valence-corrected chi connectivity index (χ4v) is 4.37. The number of hydrogen-bond donors (Lipinski definition) is 3. The van der Waals surface area contributed by atoms with E-state index in [0.717, 1.165) is 0 Å². The topological polar surface area (TPSA) is 113 Å². The van der Waals surface area contributed by atoms with E-state index in [1.54, 1.807) is 43.3 Å². The first-order valence-electron chi connectivity index (χ1n) is 8.56. The monoisotopic (exact) mass is 397 g/mol. The van der Waals surface area contributed by atoms with E-state index < -0.39 is 35.2 Å². The molecule has 1 unspecified atom stereocenters. The van der Waals surface area contributed by atoms with Gasteiger partial charge in [-0.1, -0.05) is 36.3 Å². The summed E-state index contributed by atoms with van der Waals surface area (Å²) < 4.78 is 0. The first kappa shape index (κ1) is 19.7. The van der Waals surface area contributed by atoms with E-state index in [1.165, 1.54) is 16.7 Å². The quantitative estimate of drug-likeness (QED) is 0.505. The molecule has 1 saturated heterocycles. The highest BCUT2D eigenvalue weighted by Crippen LogP contribution is 2.40. The zero-order valence-corrected chi connectivity index (χ0v) is 15.9. The van der Waals surface area contributed by atoms with Gasteiger partial charge in [-0.15, -0.1) is 17.7 Å². The summed E-state index contributed by atoms with van der Waals surface area (Å²) in [5, 5.41) is 11.8. The van der Waals surface area contributed by atoms with Crippen molar-refractivity contribution in [3.8, 4) is 11.8 Å². The Morgan fingerprint density at radius 2 is 2.11 bits per heavy atom. The molecule has 0 bridgehead atoms. The summed E-state index contributed by atoms with van der Waals surface area (Å²) in [4.78, 5) is 38.0. The lowest BCUT2D eigenvalue weighted by Crippen LogP contribution is -2.71. The normalized spacial score (nSPS) is 22.1. The average Bonchev–Trinajstić information content (AvgIpc) is 2.71. The Hall–Kier alpha value is -3.02. The van der Waals surface area contributed by atoms with Crippen LogP contribution in [0.5, 0.6) is 0 Å². The van der Waals surface area contributed by atoms with Crippen molar-refractivity contribution in [1.82, 2.24) is 10.2 Å². The van der Waals surface area contributed by atoms with Crippen molar-refractivity contribution < 1.29 is 19.5 Å². The van der Waals surface area contributed by atoms with Gasteiger partial charge in [0.2, 0.25) is 5.91 Å². The lowest BCUT2D eigenvalue weighted by molar-refractivity contribution is -0.150. The number of carbonyl (C=O) groups is 3. The van der Waals surface area contributed by atoms with E-state index in [9.17, 15) is 19.5 Å². The van der Waals surface area contributed by atoms with E-state index in [2.05, 4.69) is 17.2 Å². The number of carboxylic acids is 1. The van der Waals surface area contributed by atoms with Crippen molar-refractivity contribution >= 4 is 29.5 Å². The number of nitrogens with zero attached hydrogens (tertiary/aromatic N) is 1. The third-order valence-corrected chi connectivity index (χ3v) is 5.75. The van der Waals surface area contributed by atoms with Gasteiger partial charge in [-0.25, -0.2) is 4.79 Å². The molecule has 1 fully saturated rings. The molecule has 28 heavy (non-hydrogen) atoms. The summed E-state index contributed by atoms with van der Waals surface area (Å²) in [6.45, 7) is 1.68. The molecule has 1 aromatic rings. The van der Waals surface area contributed by atoms with Crippen LogP contribution in [0, 0.1) is 11.8 Å². The van der Waals surface area contributed by atoms with Gasteiger partial charge in [-0.2, -0.15) is 0 Å². The predicted molar refractivity (Wildman–Crippen MR) is 106 cm³/mol. The Morgan fingerprint density at radius 3 is 2.75 bits per heavy atom. The molecule has 0 aromatic heterocycles. The Morgan fingerprint density at radius 1 is 1.39 bits per heavy atom. The number of β-lactam (4-membered cyclic amide) rings is 1. The van der Waals surface area contributed by atoms with Crippen LogP contribution in [0.15, 0.2) is 53.8 Å². The number of hydrogen-bond acceptors (Lipinski definition) is 5. The lowest BCUT2D eigenvalue weighted by Gasteiger charge is -2.49. The van der Waals surface area contributed by atoms with Gasteiger partial charge in [0.1, 0.15) is 23.2 Å². The maximum absolute atomic E-state index is 12.6. The Balaban J connectivity index is 1.75. The van der Waals surface area contributed by atoms with Crippen LogP contribution in [0.4, 0.5) is 0 Å². The van der Waals surface area contributed by atoms with E-state index in [1.807, 2.05) is 6.07 Å². The van der Waals surface area contributed by atoms with E-state index in [4.69, 9.17) is 5.73 Å². The standard InChI is InChI=1S/C20H19N3O4S/c1-2-3-5-10-13-11-28-19-15(18(25)23(19)16(13)20(26)27)22-17(24)14(21)12-8-6-4-7-9-12/h4-10,14-15,19H,11,21H2,1H3,(H,22,24)(H,26,27)/t14?,15-,19+/m1/s1. The summed E-state index contributed by atoms with van der Waals surface area (Å²) in [7, 11) is 0. The summed E-state index contributed by atoms with van der Waals surface area (Å²) in [5.41, 5.74) is 7.05. The second-order valence-corrected chi connectivity index (χ2v) is 7.30. The average molecular weight is 397 g/mol. The second-order valence-electron chi connectivity index (χ2n) is 6.19. The van der Waals surface area contributed by atoms with E-state index >= 15 is 0 Å². The number of allylic oxidation sites excluding steroid dienone is 2. The van der Waals surface area contributed by atoms with Crippen molar-refractivity contribution in [2.75, 3.05) is 5.75 Å². The highest BCUT2D eigenvalue weighted by atomic mass is 32.2. The number of carbonyl (C=O) groups excluding carboxylic acids is 2. The second kappa shape index (κ2) is 8.33. The molecule has 2 aliphatic heterocycles. The number of rotatable bonds is 5. The molecule has 0 spiro atoms. The van der Waals surface area contributed by atoms with Gasteiger partial charge < -0.3 is 16.2 Å². The molecule has 3 atom stereocenters. The lowest BCUT2D eigenvalue weighted by atomic mass is 10.0. The van der Waals surface area contributed by atoms with Crippen LogP contribution in [0.1, 0.15) is 18.5 Å². The van der Waals surface area contributed by atoms with Crippen LogP contribution in [-0.4, -0.2) is 45.0 Å². The number of carboxylic acid groups (broad SMARTS) is 1. The Bertz CT molecular complexity index is 930. The number of nitrogens with two attached hydrogens (primary N) is 1. The zero-order chi connectivity index (χ0) is 20.3. The molecule has 4 N–H and O–H groups in total. The van der Waals surface area contributed by atoms with Gasteiger partial charge in [0.15, 0.2) is 0 Å². The third kappa shape index (κ3) is 3.67. The molecule has 2 heterocycles. The Kier molecular flexibility index (Phi) is 5.87. The molecule has 1 aromatic carbocycles. The van der Waals surface area contributed by atoms with Crippen LogP contribution in [0.3, 0.4) is 0 Å². The number of nitrogens with one attached hydrogen (secondary N) is 1. The molecule has 0 saturated carbocycles. The summed E-state index contributed by atoms with van der Waals surface area (Å²) >= 11 is 1.39. The van der Waals surface area contributed by atoms with Crippen LogP contribution in [-0.2, 0) is 14.4 Å². The van der Waals surface area contributed by atoms with Crippen LogP contribution in [0.25, 0.3) is 0 Å². The predicted octanol–water partition coefficient (Wildman–Crippen LogP) is 1.00. The molecule has 8 heteroatoms. The van der Waals surface area contributed by atoms with Gasteiger partial charge in [0.05, 0.1) is 0 Å². The van der Waals surface area contributed by atoms with Gasteiger partial charge in [0, 0.05) is 5.75 Å². The molecule has 7 nitrogen and oxygen atoms in total. The number of amides is 2. The highest BCUT2D eigenvalue weighted by Gasteiger charge is 2.54. The number of thioether (sulfide) groups is 1. The minimum atomic E-state index is -1.19. The molecule has 0 radical (unpaired) electrons. The van der Waals surface area contributed by atoms with Crippen LogP contribution < -0.4 is 11.1 Å². The first-order valence-corrected chi connectivity index (χ1v) is 9.61. The summed E-state index contributed by atoms with van der Waals surface area (Å²) in [6.07, 6.45) is 3.16. The fourth-order valence-electron chi connectivity index (χ4n) is 3.05. The molecular formula is C20H19N3O4S. The molecule has 0 aliphatic carbocycles. The van der Waals surface area contributed by atoms with Gasteiger partial charge in [-0.05, 0) is 30.2 Å². The highest BCUT2D eigenvalue weighted by molar-refractivity contribution is 8.00. The van der Waals surface area contributed by atoms with Gasteiger partial charge >= 0.3 is 5.97 Å². The van der Waals surface area contributed by atoms with E-state index in [0.29, 0.717) is 16.9 Å². The van der Waals surface area contributed by atoms with Gasteiger partial charge in [-0.3, -0.25) is 14.5 Å². The summed E-state index contributed by atoms with van der Waals surface area (Å²) in [6, 6.07) is 7.13. The minimum Gasteiger partial charge on any atom is -0.477 e. The summed E-state index contributed by atoms with van der Waals surface area (Å²) in [5.74, 6) is 3.70. The molecular weight excluding hydrogens is 378 g/mol. The molecule has 144 valence electrons. The van der Waals surface area contributed by atoms with Crippen molar-refractivity contribution in [3.05, 3.63) is 59.3 Å². The zero-order valence-electron chi connectivity index (χ0n) is 15.1. The molecule has 3 rings (SSSR count). The molecule has 2 aliphatic rings. The van der Waals surface area contributed by atoms with Gasteiger partial charge in [0.25, 0.3) is 5.91 Å². The SMILES string of the molecule is CC#CC=CC1=C(C(=O)O)N2C(=O)[C@@H](NC(=O)C(N)c3ccccc3)[C@@H]2SC1. The van der Waals surface area contributed by atoms with Crippen LogP contribution in [0.2, 0.25) is 0 Å². The molecule has 2 amide bonds. The van der Waals surface area contributed by atoms with Crippen molar-refractivity contribution in [1.29, 1.82) is 0 Å². The fraction of sp³-hybridized carbons (Fsp3) is 0.250. The van der Waals surface area contributed by atoms with Crippen molar-refractivity contribution in [3.63, 3.8) is 0 Å². The third-order valence-electron chi connectivity index (χ3n) is 4.45. The first-order chi connectivity index (χ1) is 13.5. The number of aliphatic carboxylic acids is 1. The van der Waals surface area contributed by atoms with E-state index in [-0.39, 0.29) is 5.70 Å². The van der Waals surface area contributed by atoms with Crippen LogP contribution >= 0.6 is 11.8 Å². The maximum Gasteiger partial charge on any atom is 0.352 e. The largest absolute Gasteiger partial charge is 0.477 e.